The lowest BCUT2D eigenvalue weighted by Gasteiger charge is -2.09. The second-order valence-electron chi connectivity index (χ2n) is 4.86. The molecule has 2 rings (SSSR count). The Morgan fingerprint density at radius 1 is 1.04 bits per heavy atom. The van der Waals surface area contributed by atoms with Crippen molar-refractivity contribution >= 4 is 17.7 Å². The molecule has 2 aromatic rings. The summed E-state index contributed by atoms with van der Waals surface area (Å²) in [5, 5.41) is 2.91. The number of hydrogen-bond acceptors (Lipinski definition) is 4. The Bertz CT molecular complexity index is 634. The molecule has 0 aliphatic carbocycles. The van der Waals surface area contributed by atoms with E-state index in [1.165, 1.54) is 4.90 Å². The predicted octanol–water partition coefficient (Wildman–Crippen LogP) is 3.75. The minimum Gasteiger partial charge on any atom is -0.497 e. The summed E-state index contributed by atoms with van der Waals surface area (Å²) < 4.78 is 10.4. The van der Waals surface area contributed by atoms with Gasteiger partial charge in [-0.05, 0) is 35.6 Å². The summed E-state index contributed by atoms with van der Waals surface area (Å²) in [6, 6.07) is 13.3. The van der Waals surface area contributed by atoms with Crippen LogP contribution in [0, 0.1) is 0 Å². The molecule has 0 fully saturated rings. The van der Waals surface area contributed by atoms with Crippen molar-refractivity contribution in [2.45, 2.75) is 18.4 Å². The summed E-state index contributed by atoms with van der Waals surface area (Å²) in [4.78, 5) is 13.5. The van der Waals surface area contributed by atoms with Crippen molar-refractivity contribution in [1.82, 2.24) is 5.32 Å². The van der Waals surface area contributed by atoms with E-state index in [2.05, 4.69) is 24.4 Å². The fourth-order valence-corrected chi connectivity index (χ4v) is 2.75. The van der Waals surface area contributed by atoms with E-state index in [-0.39, 0.29) is 5.91 Å². The molecule has 0 heterocycles. The molecule has 0 atom stereocenters. The van der Waals surface area contributed by atoms with E-state index in [0.29, 0.717) is 23.6 Å². The van der Waals surface area contributed by atoms with Crippen LogP contribution in [0.3, 0.4) is 0 Å². The molecule has 1 amide bonds. The number of thioether (sulfide) groups is 1. The van der Waals surface area contributed by atoms with E-state index in [9.17, 15) is 4.79 Å². The number of methoxy groups -OCH3 is 2. The van der Waals surface area contributed by atoms with Crippen molar-refractivity contribution in [3.8, 4) is 11.5 Å². The first kappa shape index (κ1) is 17.2. The second-order valence-corrected chi connectivity index (χ2v) is 6.20. The summed E-state index contributed by atoms with van der Waals surface area (Å²) in [6.45, 7) is 2.61. The number of ether oxygens (including phenoxy) is 2. The van der Waals surface area contributed by atoms with Crippen molar-refractivity contribution in [2.75, 3.05) is 20.0 Å². The lowest BCUT2D eigenvalue weighted by molar-refractivity contribution is 0.0950. The number of rotatable bonds is 7. The van der Waals surface area contributed by atoms with E-state index < -0.39 is 0 Å². The van der Waals surface area contributed by atoms with Gasteiger partial charge in [-0.3, -0.25) is 4.79 Å². The maximum absolute atomic E-state index is 12.3. The van der Waals surface area contributed by atoms with Gasteiger partial charge in [-0.25, -0.2) is 0 Å². The fraction of sp³-hybridized carbons (Fsp3) is 0.278. The Morgan fingerprint density at radius 2 is 1.65 bits per heavy atom. The first-order valence-corrected chi connectivity index (χ1v) is 8.37. The summed E-state index contributed by atoms with van der Waals surface area (Å²) in [5.41, 5.74) is 1.58. The highest BCUT2D eigenvalue weighted by Crippen LogP contribution is 2.22. The molecule has 122 valence electrons. The summed E-state index contributed by atoms with van der Waals surface area (Å²) in [7, 11) is 3.12. The molecule has 2 aromatic carbocycles. The van der Waals surface area contributed by atoms with Gasteiger partial charge >= 0.3 is 0 Å². The van der Waals surface area contributed by atoms with Gasteiger partial charge in [-0.2, -0.15) is 0 Å². The van der Waals surface area contributed by atoms with Crippen LogP contribution in [-0.2, 0) is 6.54 Å². The van der Waals surface area contributed by atoms with Crippen LogP contribution in [0.25, 0.3) is 0 Å². The summed E-state index contributed by atoms with van der Waals surface area (Å²) in [5.74, 6) is 2.08. The van der Waals surface area contributed by atoms with Gasteiger partial charge in [0.2, 0.25) is 0 Å². The summed E-state index contributed by atoms with van der Waals surface area (Å²) >= 11 is 1.80. The minimum atomic E-state index is -0.158. The van der Waals surface area contributed by atoms with Crippen LogP contribution in [0.1, 0.15) is 22.8 Å². The van der Waals surface area contributed by atoms with Crippen molar-refractivity contribution in [3.05, 3.63) is 53.6 Å². The fourth-order valence-electron chi connectivity index (χ4n) is 2.09. The van der Waals surface area contributed by atoms with Gasteiger partial charge in [0.1, 0.15) is 11.5 Å². The summed E-state index contributed by atoms with van der Waals surface area (Å²) in [6.07, 6.45) is 0. The average Bonchev–Trinajstić information content (AvgIpc) is 2.60. The Hall–Kier alpha value is -2.14. The normalized spacial score (nSPS) is 10.2. The third-order valence-corrected chi connectivity index (χ3v) is 4.20. The molecule has 0 aliphatic rings. The molecule has 0 unspecified atom stereocenters. The van der Waals surface area contributed by atoms with Crippen LogP contribution in [0.2, 0.25) is 0 Å². The smallest absolute Gasteiger partial charge is 0.251 e. The highest BCUT2D eigenvalue weighted by atomic mass is 32.2. The molecule has 0 saturated heterocycles. The van der Waals surface area contributed by atoms with Crippen molar-refractivity contribution in [3.63, 3.8) is 0 Å². The third kappa shape index (κ3) is 4.93. The van der Waals surface area contributed by atoms with Gasteiger partial charge in [-0.15, -0.1) is 11.8 Å². The molecule has 0 saturated carbocycles. The Morgan fingerprint density at radius 3 is 2.17 bits per heavy atom. The standard InChI is InChI=1S/C18H21NO3S/c1-4-23-17-7-5-13(6-8-17)12-19-18(20)14-9-15(21-2)11-16(10-14)22-3/h5-11H,4,12H2,1-3H3,(H,19,20). The Kier molecular flexibility index (Phi) is 6.35. The third-order valence-electron chi connectivity index (χ3n) is 3.30. The van der Waals surface area contributed by atoms with E-state index in [1.807, 2.05) is 12.1 Å². The first-order valence-electron chi connectivity index (χ1n) is 7.39. The molecular weight excluding hydrogens is 310 g/mol. The highest BCUT2D eigenvalue weighted by molar-refractivity contribution is 7.99. The van der Waals surface area contributed by atoms with Crippen molar-refractivity contribution < 1.29 is 14.3 Å². The van der Waals surface area contributed by atoms with Gasteiger partial charge < -0.3 is 14.8 Å². The van der Waals surface area contributed by atoms with E-state index in [4.69, 9.17) is 9.47 Å². The SMILES string of the molecule is CCSc1ccc(CNC(=O)c2cc(OC)cc(OC)c2)cc1. The molecule has 1 N–H and O–H groups in total. The Balaban J connectivity index is 2.01. The largest absolute Gasteiger partial charge is 0.497 e. The lowest BCUT2D eigenvalue weighted by Crippen LogP contribution is -2.22. The van der Waals surface area contributed by atoms with Crippen LogP contribution in [-0.4, -0.2) is 25.9 Å². The number of benzene rings is 2. The van der Waals surface area contributed by atoms with E-state index in [1.54, 1.807) is 44.2 Å². The molecule has 0 radical (unpaired) electrons. The molecule has 23 heavy (non-hydrogen) atoms. The number of carbonyl (C=O) groups excluding carboxylic acids is 1. The molecule has 0 bridgehead atoms. The topological polar surface area (TPSA) is 47.6 Å². The number of amides is 1. The van der Waals surface area contributed by atoms with Gasteiger partial charge in [-0.1, -0.05) is 19.1 Å². The van der Waals surface area contributed by atoms with Crippen LogP contribution in [0.5, 0.6) is 11.5 Å². The maximum Gasteiger partial charge on any atom is 0.251 e. The van der Waals surface area contributed by atoms with Crippen LogP contribution in [0.15, 0.2) is 47.4 Å². The van der Waals surface area contributed by atoms with Crippen molar-refractivity contribution in [2.24, 2.45) is 0 Å². The van der Waals surface area contributed by atoms with Crippen molar-refractivity contribution in [1.29, 1.82) is 0 Å². The zero-order chi connectivity index (χ0) is 16.7. The average molecular weight is 331 g/mol. The quantitative estimate of drug-likeness (QED) is 0.785. The van der Waals surface area contributed by atoms with Crippen LogP contribution in [0.4, 0.5) is 0 Å². The number of nitrogens with one attached hydrogen (secondary N) is 1. The van der Waals surface area contributed by atoms with Gasteiger partial charge in [0, 0.05) is 23.1 Å². The second kappa shape index (κ2) is 8.48. The monoisotopic (exact) mass is 331 g/mol. The highest BCUT2D eigenvalue weighted by Gasteiger charge is 2.09. The molecule has 0 aliphatic heterocycles. The van der Waals surface area contributed by atoms with E-state index >= 15 is 0 Å². The number of hydrogen-bond donors (Lipinski definition) is 1. The lowest BCUT2D eigenvalue weighted by atomic mass is 10.1. The van der Waals surface area contributed by atoms with Gasteiger partial charge in [0.15, 0.2) is 0 Å². The number of carbonyl (C=O) groups is 1. The molecule has 5 heteroatoms. The minimum absolute atomic E-state index is 0.158. The zero-order valence-electron chi connectivity index (χ0n) is 13.6. The maximum atomic E-state index is 12.3. The zero-order valence-corrected chi connectivity index (χ0v) is 14.4. The Labute approximate surface area is 141 Å². The first-order chi connectivity index (χ1) is 11.2. The van der Waals surface area contributed by atoms with Gasteiger partial charge in [0.25, 0.3) is 5.91 Å². The van der Waals surface area contributed by atoms with Crippen LogP contribution >= 0.6 is 11.8 Å². The molecule has 0 aromatic heterocycles. The van der Waals surface area contributed by atoms with Crippen LogP contribution < -0.4 is 14.8 Å². The van der Waals surface area contributed by atoms with Gasteiger partial charge in [0.05, 0.1) is 14.2 Å². The molecule has 4 nitrogen and oxygen atoms in total. The van der Waals surface area contributed by atoms with E-state index in [0.717, 1.165) is 11.3 Å². The predicted molar refractivity (Wildman–Crippen MR) is 93.6 cm³/mol. The molecular formula is C18H21NO3S. The molecule has 0 spiro atoms.